The predicted molar refractivity (Wildman–Crippen MR) is 64.5 cm³/mol. The van der Waals surface area contributed by atoms with Crippen molar-refractivity contribution in [3.8, 4) is 5.75 Å². The van der Waals surface area contributed by atoms with E-state index in [1.54, 1.807) is 7.11 Å². The number of benzene rings is 1. The lowest BCUT2D eigenvalue weighted by Crippen LogP contribution is -2.05. The highest BCUT2D eigenvalue weighted by Crippen LogP contribution is 2.18. The lowest BCUT2D eigenvalue weighted by atomic mass is 10.1. The Hall–Kier alpha value is -1.28. The topological polar surface area (TPSA) is 18.5 Å². The van der Waals surface area contributed by atoms with Crippen LogP contribution in [0.5, 0.6) is 5.75 Å². The standard InChI is InChI=1S/C14H18O2/c1-15-14-8-6-13(7-9-14)11-16-10-12-4-2-3-5-12/h2-3,6-9,12H,4-5,10-11H2,1H3. The molecule has 0 bridgehead atoms. The first-order chi connectivity index (χ1) is 7.88. The van der Waals surface area contributed by atoms with Crippen LogP contribution in [-0.4, -0.2) is 13.7 Å². The number of hydrogen-bond acceptors (Lipinski definition) is 2. The number of ether oxygens (including phenoxy) is 2. The summed E-state index contributed by atoms with van der Waals surface area (Å²) in [7, 11) is 1.68. The Bertz CT molecular complexity index is 332. The number of allylic oxidation sites excluding steroid dienone is 2. The first kappa shape index (κ1) is 11.2. The molecule has 0 aliphatic heterocycles. The molecule has 0 unspecified atom stereocenters. The van der Waals surface area contributed by atoms with Gasteiger partial charge in [0.15, 0.2) is 0 Å². The van der Waals surface area contributed by atoms with Gasteiger partial charge in [0.2, 0.25) is 0 Å². The van der Waals surface area contributed by atoms with E-state index in [4.69, 9.17) is 9.47 Å². The van der Waals surface area contributed by atoms with Crippen molar-refractivity contribution in [2.75, 3.05) is 13.7 Å². The first-order valence-electron chi connectivity index (χ1n) is 5.74. The average molecular weight is 218 g/mol. The van der Waals surface area contributed by atoms with Crippen LogP contribution in [0.25, 0.3) is 0 Å². The smallest absolute Gasteiger partial charge is 0.118 e. The Balaban J connectivity index is 1.72. The number of methoxy groups -OCH3 is 1. The maximum absolute atomic E-state index is 5.70. The normalized spacial score (nSPS) is 15.6. The predicted octanol–water partition coefficient (Wildman–Crippen LogP) is 3.18. The molecule has 0 heterocycles. The van der Waals surface area contributed by atoms with E-state index in [1.807, 2.05) is 24.3 Å². The van der Waals surface area contributed by atoms with Crippen molar-refractivity contribution in [3.63, 3.8) is 0 Å². The zero-order valence-electron chi connectivity index (χ0n) is 9.69. The van der Waals surface area contributed by atoms with Crippen LogP contribution in [0.15, 0.2) is 36.4 Å². The van der Waals surface area contributed by atoms with Gasteiger partial charge >= 0.3 is 0 Å². The van der Waals surface area contributed by atoms with E-state index in [-0.39, 0.29) is 0 Å². The second-order valence-electron chi connectivity index (χ2n) is 4.17. The van der Waals surface area contributed by atoms with Gasteiger partial charge in [-0.15, -0.1) is 0 Å². The van der Waals surface area contributed by atoms with Crippen molar-refractivity contribution in [2.45, 2.75) is 19.4 Å². The lowest BCUT2D eigenvalue weighted by Gasteiger charge is -2.10. The molecule has 0 atom stereocenters. The Labute approximate surface area is 96.9 Å². The Kier molecular flexibility index (Phi) is 4.00. The molecule has 2 nitrogen and oxygen atoms in total. The van der Waals surface area contributed by atoms with Gasteiger partial charge in [-0.05, 0) is 36.5 Å². The highest BCUT2D eigenvalue weighted by molar-refractivity contribution is 5.26. The highest BCUT2D eigenvalue weighted by atomic mass is 16.5. The van der Waals surface area contributed by atoms with E-state index in [0.717, 1.165) is 12.4 Å². The fraction of sp³-hybridized carbons (Fsp3) is 0.429. The van der Waals surface area contributed by atoms with Gasteiger partial charge in [-0.3, -0.25) is 0 Å². The van der Waals surface area contributed by atoms with Gasteiger partial charge in [-0.25, -0.2) is 0 Å². The quantitative estimate of drug-likeness (QED) is 0.707. The molecule has 2 rings (SSSR count). The lowest BCUT2D eigenvalue weighted by molar-refractivity contribution is 0.0905. The average Bonchev–Trinajstić information content (AvgIpc) is 2.83. The van der Waals surface area contributed by atoms with Crippen molar-refractivity contribution in [3.05, 3.63) is 42.0 Å². The molecule has 0 spiro atoms. The molecule has 0 radical (unpaired) electrons. The van der Waals surface area contributed by atoms with Gasteiger partial charge in [0.1, 0.15) is 5.75 Å². The molecule has 0 aromatic heterocycles. The maximum Gasteiger partial charge on any atom is 0.118 e. The van der Waals surface area contributed by atoms with Crippen molar-refractivity contribution in [2.24, 2.45) is 5.92 Å². The molecule has 0 saturated heterocycles. The van der Waals surface area contributed by atoms with E-state index in [1.165, 1.54) is 18.4 Å². The molecule has 0 saturated carbocycles. The molecular weight excluding hydrogens is 200 g/mol. The Morgan fingerprint density at radius 2 is 1.81 bits per heavy atom. The number of rotatable bonds is 5. The molecule has 0 amide bonds. The third-order valence-corrected chi connectivity index (χ3v) is 2.89. The largest absolute Gasteiger partial charge is 0.497 e. The second-order valence-corrected chi connectivity index (χ2v) is 4.17. The molecule has 86 valence electrons. The first-order valence-corrected chi connectivity index (χ1v) is 5.74. The molecule has 1 aliphatic carbocycles. The van der Waals surface area contributed by atoms with Crippen LogP contribution in [0, 0.1) is 5.92 Å². The van der Waals surface area contributed by atoms with Crippen LogP contribution in [0.4, 0.5) is 0 Å². The van der Waals surface area contributed by atoms with Gasteiger partial charge in [0.05, 0.1) is 20.3 Å². The summed E-state index contributed by atoms with van der Waals surface area (Å²) in [5, 5.41) is 0. The SMILES string of the molecule is COc1ccc(COCC2CC=CC2)cc1. The summed E-state index contributed by atoms with van der Waals surface area (Å²) in [6, 6.07) is 8.03. The minimum atomic E-state index is 0.693. The molecule has 2 heteroatoms. The Morgan fingerprint density at radius 3 is 2.44 bits per heavy atom. The zero-order chi connectivity index (χ0) is 11.2. The fourth-order valence-electron chi connectivity index (χ4n) is 1.87. The fourth-order valence-corrected chi connectivity index (χ4v) is 1.87. The number of hydrogen-bond donors (Lipinski definition) is 0. The molecule has 0 fully saturated rings. The second kappa shape index (κ2) is 5.71. The zero-order valence-corrected chi connectivity index (χ0v) is 9.69. The van der Waals surface area contributed by atoms with E-state index < -0.39 is 0 Å². The maximum atomic E-state index is 5.70. The minimum absolute atomic E-state index is 0.693. The molecule has 16 heavy (non-hydrogen) atoms. The molecule has 1 aliphatic rings. The third kappa shape index (κ3) is 3.11. The summed E-state index contributed by atoms with van der Waals surface area (Å²) in [5.74, 6) is 1.59. The van der Waals surface area contributed by atoms with Gasteiger partial charge in [-0.1, -0.05) is 24.3 Å². The van der Waals surface area contributed by atoms with E-state index in [0.29, 0.717) is 12.5 Å². The van der Waals surface area contributed by atoms with Gasteiger partial charge < -0.3 is 9.47 Å². The Morgan fingerprint density at radius 1 is 1.12 bits per heavy atom. The third-order valence-electron chi connectivity index (χ3n) is 2.89. The summed E-state index contributed by atoms with van der Waals surface area (Å²) in [6.45, 7) is 1.56. The highest BCUT2D eigenvalue weighted by Gasteiger charge is 2.09. The van der Waals surface area contributed by atoms with E-state index in [9.17, 15) is 0 Å². The van der Waals surface area contributed by atoms with Crippen molar-refractivity contribution < 1.29 is 9.47 Å². The monoisotopic (exact) mass is 218 g/mol. The van der Waals surface area contributed by atoms with Gasteiger partial charge in [0, 0.05) is 0 Å². The van der Waals surface area contributed by atoms with Crippen molar-refractivity contribution >= 4 is 0 Å². The summed E-state index contributed by atoms with van der Waals surface area (Å²) >= 11 is 0. The molecule has 1 aromatic carbocycles. The molecule has 1 aromatic rings. The van der Waals surface area contributed by atoms with Crippen LogP contribution in [0.3, 0.4) is 0 Å². The van der Waals surface area contributed by atoms with Crippen LogP contribution < -0.4 is 4.74 Å². The van der Waals surface area contributed by atoms with E-state index in [2.05, 4.69) is 12.2 Å². The molecule has 0 N–H and O–H groups in total. The summed E-state index contributed by atoms with van der Waals surface area (Å²) < 4.78 is 10.8. The van der Waals surface area contributed by atoms with Crippen molar-refractivity contribution in [1.82, 2.24) is 0 Å². The van der Waals surface area contributed by atoms with Gasteiger partial charge in [0.25, 0.3) is 0 Å². The van der Waals surface area contributed by atoms with Gasteiger partial charge in [-0.2, -0.15) is 0 Å². The van der Waals surface area contributed by atoms with Crippen LogP contribution in [-0.2, 0) is 11.3 Å². The van der Waals surface area contributed by atoms with Crippen LogP contribution in [0.1, 0.15) is 18.4 Å². The summed E-state index contributed by atoms with van der Waals surface area (Å²) in [4.78, 5) is 0. The van der Waals surface area contributed by atoms with Crippen LogP contribution in [0.2, 0.25) is 0 Å². The summed E-state index contributed by atoms with van der Waals surface area (Å²) in [6.07, 6.45) is 6.81. The summed E-state index contributed by atoms with van der Waals surface area (Å²) in [5.41, 5.74) is 1.20. The van der Waals surface area contributed by atoms with Crippen LogP contribution >= 0.6 is 0 Å². The van der Waals surface area contributed by atoms with Crippen molar-refractivity contribution in [1.29, 1.82) is 0 Å². The van der Waals surface area contributed by atoms with E-state index >= 15 is 0 Å². The molecular formula is C14H18O2. The minimum Gasteiger partial charge on any atom is -0.497 e.